The van der Waals surface area contributed by atoms with Gasteiger partial charge in [-0.25, -0.2) is 9.78 Å². The number of imidazole rings is 1. The first-order valence-electron chi connectivity index (χ1n) is 7.49. The normalized spacial score (nSPS) is 11.4. The number of hydrogen-bond donors (Lipinski definition) is 4. The number of ether oxygens (including phenoxy) is 1. The summed E-state index contributed by atoms with van der Waals surface area (Å²) in [6.45, 7) is -0.491. The van der Waals surface area contributed by atoms with Crippen LogP contribution in [0.5, 0.6) is 0 Å². The van der Waals surface area contributed by atoms with Gasteiger partial charge < -0.3 is 25.5 Å². The smallest absolute Gasteiger partial charge is 0.408 e. The Labute approximate surface area is 143 Å². The van der Waals surface area contributed by atoms with Crippen LogP contribution in [0.15, 0.2) is 42.9 Å². The van der Waals surface area contributed by atoms with Crippen molar-refractivity contribution in [3.8, 4) is 0 Å². The number of H-pyrrole nitrogens is 1. The van der Waals surface area contributed by atoms with E-state index in [0.29, 0.717) is 5.69 Å². The van der Waals surface area contributed by atoms with E-state index in [1.165, 1.54) is 6.33 Å². The summed E-state index contributed by atoms with van der Waals surface area (Å²) in [7, 11) is 0. The van der Waals surface area contributed by atoms with E-state index in [4.69, 9.17) is 9.84 Å². The molecule has 1 atom stereocenters. The number of carboxylic acid groups (broad SMARTS) is 1. The number of nitrogens with one attached hydrogen (secondary N) is 3. The molecule has 1 heterocycles. The zero-order chi connectivity index (χ0) is 18.1. The van der Waals surface area contributed by atoms with Crippen LogP contribution in [0.1, 0.15) is 11.3 Å². The highest BCUT2D eigenvalue weighted by Crippen LogP contribution is 2.03. The molecule has 0 radical (unpaired) electrons. The number of carbonyl (C=O) groups is 3. The monoisotopic (exact) mass is 346 g/mol. The third-order valence-electron chi connectivity index (χ3n) is 3.20. The zero-order valence-electron chi connectivity index (χ0n) is 13.3. The van der Waals surface area contributed by atoms with Gasteiger partial charge in [0.15, 0.2) is 0 Å². The third-order valence-corrected chi connectivity index (χ3v) is 3.20. The van der Waals surface area contributed by atoms with Crippen molar-refractivity contribution in [1.82, 2.24) is 20.6 Å². The van der Waals surface area contributed by atoms with Crippen molar-refractivity contribution in [1.29, 1.82) is 0 Å². The maximum absolute atomic E-state index is 12.1. The Morgan fingerprint density at radius 3 is 2.64 bits per heavy atom. The van der Waals surface area contributed by atoms with Gasteiger partial charge in [-0.15, -0.1) is 0 Å². The average Bonchev–Trinajstić information content (AvgIpc) is 3.11. The van der Waals surface area contributed by atoms with E-state index in [0.717, 1.165) is 5.56 Å². The molecule has 0 aliphatic carbocycles. The van der Waals surface area contributed by atoms with E-state index < -0.39 is 30.6 Å². The Kier molecular flexibility index (Phi) is 6.52. The predicted octanol–water partition coefficient (Wildman–Crippen LogP) is 0.448. The molecule has 4 N–H and O–H groups in total. The number of aromatic amines is 1. The number of carbonyl (C=O) groups excluding carboxylic acids is 2. The fraction of sp³-hybridized carbons (Fsp3) is 0.250. The number of aliphatic carboxylic acids is 1. The van der Waals surface area contributed by atoms with E-state index >= 15 is 0 Å². The Hall–Kier alpha value is -3.36. The van der Waals surface area contributed by atoms with Gasteiger partial charge in [-0.2, -0.15) is 0 Å². The lowest BCUT2D eigenvalue weighted by molar-refractivity contribution is -0.138. The van der Waals surface area contributed by atoms with Crippen LogP contribution in [0.3, 0.4) is 0 Å². The first kappa shape index (κ1) is 18.0. The molecule has 0 fully saturated rings. The molecule has 132 valence electrons. The number of benzene rings is 1. The van der Waals surface area contributed by atoms with Gasteiger partial charge in [0, 0.05) is 12.6 Å². The molecule has 0 saturated carbocycles. The number of nitrogens with zero attached hydrogens (tertiary/aromatic N) is 1. The van der Waals surface area contributed by atoms with Crippen LogP contribution in [0, 0.1) is 0 Å². The molecule has 0 spiro atoms. The van der Waals surface area contributed by atoms with Gasteiger partial charge in [0.1, 0.15) is 19.2 Å². The first-order chi connectivity index (χ1) is 12.0. The fourth-order valence-corrected chi connectivity index (χ4v) is 2.01. The molecule has 25 heavy (non-hydrogen) atoms. The van der Waals surface area contributed by atoms with Gasteiger partial charge in [-0.3, -0.25) is 9.59 Å². The molecule has 0 aliphatic heterocycles. The lowest BCUT2D eigenvalue weighted by atomic mass is 10.1. The number of rotatable bonds is 8. The molecule has 0 saturated heterocycles. The third kappa shape index (κ3) is 6.34. The van der Waals surface area contributed by atoms with Crippen molar-refractivity contribution in [2.75, 3.05) is 6.54 Å². The number of alkyl carbamates (subject to hydrolysis) is 1. The lowest BCUT2D eigenvalue weighted by Crippen LogP contribution is -2.49. The summed E-state index contributed by atoms with van der Waals surface area (Å²) < 4.78 is 5.08. The summed E-state index contributed by atoms with van der Waals surface area (Å²) >= 11 is 0. The number of carboxylic acids is 1. The minimum atomic E-state index is -1.18. The molecule has 0 bridgehead atoms. The molecule has 2 amide bonds. The van der Waals surface area contributed by atoms with Gasteiger partial charge >= 0.3 is 12.1 Å². The summed E-state index contributed by atoms with van der Waals surface area (Å²) in [6, 6.07) is 8.07. The van der Waals surface area contributed by atoms with Crippen LogP contribution in [0.4, 0.5) is 4.79 Å². The fourth-order valence-electron chi connectivity index (χ4n) is 2.01. The second-order valence-electron chi connectivity index (χ2n) is 5.13. The second kappa shape index (κ2) is 9.06. The van der Waals surface area contributed by atoms with Crippen molar-refractivity contribution in [3.63, 3.8) is 0 Å². The minimum Gasteiger partial charge on any atom is -0.480 e. The molecule has 2 rings (SSSR count). The predicted molar refractivity (Wildman–Crippen MR) is 86.5 cm³/mol. The number of hydrogen-bond acceptors (Lipinski definition) is 5. The van der Waals surface area contributed by atoms with E-state index in [9.17, 15) is 14.4 Å². The summed E-state index contributed by atoms with van der Waals surface area (Å²) in [5.41, 5.74) is 1.34. The van der Waals surface area contributed by atoms with Gasteiger partial charge in [-0.05, 0) is 5.56 Å². The Morgan fingerprint density at radius 2 is 2.00 bits per heavy atom. The highest BCUT2D eigenvalue weighted by atomic mass is 16.5. The van der Waals surface area contributed by atoms with Gasteiger partial charge in [0.2, 0.25) is 5.91 Å². The minimum absolute atomic E-state index is 0.0541. The topological polar surface area (TPSA) is 133 Å². The van der Waals surface area contributed by atoms with Crippen molar-refractivity contribution >= 4 is 18.0 Å². The molecule has 0 aliphatic rings. The molecule has 0 unspecified atom stereocenters. The van der Waals surface area contributed by atoms with Gasteiger partial charge in [0.25, 0.3) is 0 Å². The van der Waals surface area contributed by atoms with Crippen LogP contribution in [0.2, 0.25) is 0 Å². The molecule has 9 heteroatoms. The lowest BCUT2D eigenvalue weighted by Gasteiger charge is -2.17. The number of aromatic nitrogens is 2. The van der Waals surface area contributed by atoms with Crippen molar-refractivity contribution < 1.29 is 24.2 Å². The molecule has 9 nitrogen and oxygen atoms in total. The maximum atomic E-state index is 12.1. The highest BCUT2D eigenvalue weighted by molar-refractivity contribution is 5.88. The summed E-state index contributed by atoms with van der Waals surface area (Å²) in [5.74, 6) is -1.82. The summed E-state index contributed by atoms with van der Waals surface area (Å²) in [5, 5.41) is 13.3. The van der Waals surface area contributed by atoms with E-state index in [1.807, 2.05) is 18.2 Å². The highest BCUT2D eigenvalue weighted by Gasteiger charge is 2.23. The van der Waals surface area contributed by atoms with Crippen molar-refractivity contribution in [2.45, 2.75) is 19.1 Å². The number of amides is 2. The average molecular weight is 346 g/mol. The van der Waals surface area contributed by atoms with E-state index in [1.54, 1.807) is 18.3 Å². The standard InChI is InChI=1S/C16H18N4O5/c21-14(22)8-18-15(23)13(6-12-7-17-10-19-12)20-16(24)25-9-11-4-2-1-3-5-11/h1-5,7,10,13H,6,8-9H2,(H,17,19)(H,18,23)(H,20,24)(H,21,22)/t13-/m0/s1. The second-order valence-corrected chi connectivity index (χ2v) is 5.13. The van der Waals surface area contributed by atoms with Crippen LogP contribution < -0.4 is 10.6 Å². The Balaban J connectivity index is 1.92. The largest absolute Gasteiger partial charge is 0.480 e. The maximum Gasteiger partial charge on any atom is 0.408 e. The summed E-state index contributed by atoms with van der Waals surface area (Å²) in [6.07, 6.45) is 2.33. The van der Waals surface area contributed by atoms with E-state index in [2.05, 4.69) is 20.6 Å². The van der Waals surface area contributed by atoms with Crippen LogP contribution in [-0.2, 0) is 27.4 Å². The SMILES string of the molecule is O=C(O)CNC(=O)[C@H](Cc1c[nH]cn1)NC(=O)OCc1ccccc1. The van der Waals surface area contributed by atoms with E-state index in [-0.39, 0.29) is 13.0 Å². The van der Waals surface area contributed by atoms with Crippen LogP contribution in [-0.4, -0.2) is 45.6 Å². The Bertz CT molecular complexity index is 703. The van der Waals surface area contributed by atoms with Gasteiger partial charge in [-0.1, -0.05) is 30.3 Å². The van der Waals surface area contributed by atoms with Crippen LogP contribution >= 0.6 is 0 Å². The molecule has 1 aromatic heterocycles. The molecule has 1 aromatic carbocycles. The quantitative estimate of drug-likeness (QED) is 0.548. The first-order valence-corrected chi connectivity index (χ1v) is 7.49. The Morgan fingerprint density at radius 1 is 1.24 bits per heavy atom. The molecule has 2 aromatic rings. The van der Waals surface area contributed by atoms with Crippen LogP contribution in [0.25, 0.3) is 0 Å². The van der Waals surface area contributed by atoms with Crippen molar-refractivity contribution in [2.24, 2.45) is 0 Å². The van der Waals surface area contributed by atoms with Gasteiger partial charge in [0.05, 0.1) is 12.0 Å². The zero-order valence-corrected chi connectivity index (χ0v) is 13.3. The van der Waals surface area contributed by atoms with Crippen molar-refractivity contribution in [3.05, 3.63) is 54.1 Å². The molecular weight excluding hydrogens is 328 g/mol. The summed E-state index contributed by atoms with van der Waals surface area (Å²) in [4.78, 5) is 41.4. The molecular formula is C16H18N4O5.